The number of nitro groups is 1. The molecule has 0 radical (unpaired) electrons. The van der Waals surface area contributed by atoms with Crippen molar-refractivity contribution in [3.05, 3.63) is 57.4 Å². The van der Waals surface area contributed by atoms with Crippen LogP contribution in [0.1, 0.15) is 42.5 Å². The number of benzene rings is 1. The number of hydrogen-bond donors (Lipinski definition) is 2. The lowest BCUT2D eigenvalue weighted by molar-refractivity contribution is -0.385. The molecule has 0 bridgehead atoms. The van der Waals surface area contributed by atoms with Crippen molar-refractivity contribution in [2.24, 2.45) is 5.41 Å². The van der Waals surface area contributed by atoms with Gasteiger partial charge < -0.3 is 5.32 Å². The molecule has 0 fully saturated rings. The first-order valence-electron chi connectivity index (χ1n) is 7.74. The molecule has 24 heavy (non-hydrogen) atoms. The Labute approximate surface area is 140 Å². The van der Waals surface area contributed by atoms with Crippen LogP contribution >= 0.6 is 0 Å². The topological polar surface area (TPSA) is 101 Å². The van der Waals surface area contributed by atoms with Crippen molar-refractivity contribution in [2.75, 3.05) is 0 Å². The van der Waals surface area contributed by atoms with Crippen molar-refractivity contribution < 1.29 is 9.72 Å². The first-order valence-corrected chi connectivity index (χ1v) is 7.74. The van der Waals surface area contributed by atoms with Gasteiger partial charge in [-0.15, -0.1) is 0 Å². The van der Waals surface area contributed by atoms with Crippen LogP contribution in [-0.2, 0) is 6.42 Å². The van der Waals surface area contributed by atoms with E-state index < -0.39 is 10.8 Å². The van der Waals surface area contributed by atoms with Gasteiger partial charge in [0, 0.05) is 6.04 Å². The molecule has 2 rings (SSSR count). The van der Waals surface area contributed by atoms with E-state index in [1.54, 1.807) is 0 Å². The Morgan fingerprint density at radius 2 is 1.96 bits per heavy atom. The number of carbonyl (C=O) groups excluding carboxylic acids is 1. The largest absolute Gasteiger partial charge is 0.347 e. The predicted molar refractivity (Wildman–Crippen MR) is 90.8 cm³/mol. The molecule has 1 unspecified atom stereocenters. The van der Waals surface area contributed by atoms with Gasteiger partial charge in [0.25, 0.3) is 5.91 Å². The zero-order valence-corrected chi connectivity index (χ0v) is 14.3. The molecular weight excluding hydrogens is 308 g/mol. The molecule has 0 spiro atoms. The summed E-state index contributed by atoms with van der Waals surface area (Å²) in [5.74, 6) is -0.540. The van der Waals surface area contributed by atoms with Crippen LogP contribution in [0.2, 0.25) is 0 Å². The molecule has 0 aliphatic heterocycles. The molecule has 128 valence electrons. The third kappa shape index (κ3) is 3.98. The van der Waals surface area contributed by atoms with Crippen LogP contribution in [0.3, 0.4) is 0 Å². The number of aromatic nitrogens is 2. The van der Waals surface area contributed by atoms with Crippen molar-refractivity contribution in [2.45, 2.75) is 40.2 Å². The van der Waals surface area contributed by atoms with Crippen LogP contribution in [0.15, 0.2) is 30.3 Å². The first-order chi connectivity index (χ1) is 11.2. The van der Waals surface area contributed by atoms with Gasteiger partial charge in [0.2, 0.25) is 5.69 Å². The molecule has 1 aromatic carbocycles. The lowest BCUT2D eigenvalue weighted by atomic mass is 9.83. The van der Waals surface area contributed by atoms with Gasteiger partial charge in [-0.25, -0.2) is 0 Å². The zero-order valence-electron chi connectivity index (χ0n) is 14.3. The minimum atomic E-state index is -0.586. The van der Waals surface area contributed by atoms with Gasteiger partial charge in [-0.1, -0.05) is 51.1 Å². The summed E-state index contributed by atoms with van der Waals surface area (Å²) < 4.78 is 0. The summed E-state index contributed by atoms with van der Waals surface area (Å²) in [6, 6.07) is 9.61. The quantitative estimate of drug-likeness (QED) is 0.650. The third-order valence-corrected chi connectivity index (χ3v) is 3.95. The second kappa shape index (κ2) is 6.82. The lowest BCUT2D eigenvalue weighted by Gasteiger charge is -2.31. The van der Waals surface area contributed by atoms with Gasteiger partial charge in [-0.2, -0.15) is 5.10 Å². The number of rotatable bonds is 5. The highest BCUT2D eigenvalue weighted by Crippen LogP contribution is 2.25. The molecule has 1 amide bonds. The number of amides is 1. The Morgan fingerprint density at radius 3 is 2.50 bits per heavy atom. The minimum absolute atomic E-state index is 0.181. The maximum absolute atomic E-state index is 12.5. The number of H-pyrrole nitrogens is 1. The molecule has 7 heteroatoms. The second-order valence-electron chi connectivity index (χ2n) is 6.88. The standard InChI is InChI=1S/C17H22N4O3/c1-11-15(21(23)24)14(20-19-11)16(22)18-13(17(2,3)4)10-12-8-6-5-7-9-12/h5-9,13H,10H2,1-4H3,(H,18,22)(H,19,20). The Bertz CT molecular complexity index is 732. The highest BCUT2D eigenvalue weighted by atomic mass is 16.6. The number of carbonyl (C=O) groups is 1. The summed E-state index contributed by atoms with van der Waals surface area (Å²) in [5, 5.41) is 20.4. The Morgan fingerprint density at radius 1 is 1.33 bits per heavy atom. The van der Waals surface area contributed by atoms with Crippen LogP contribution in [0.5, 0.6) is 0 Å². The highest BCUT2D eigenvalue weighted by Gasteiger charge is 2.32. The van der Waals surface area contributed by atoms with E-state index in [4.69, 9.17) is 0 Å². The van der Waals surface area contributed by atoms with Crippen LogP contribution in [0.25, 0.3) is 0 Å². The van der Waals surface area contributed by atoms with Crippen molar-refractivity contribution in [1.29, 1.82) is 0 Å². The van der Waals surface area contributed by atoms with Crippen LogP contribution in [-0.4, -0.2) is 27.1 Å². The summed E-state index contributed by atoms with van der Waals surface area (Å²) in [7, 11) is 0. The zero-order chi connectivity index (χ0) is 17.9. The first kappa shape index (κ1) is 17.7. The normalized spacial score (nSPS) is 12.7. The summed E-state index contributed by atoms with van der Waals surface area (Å²) in [6.45, 7) is 7.58. The Hall–Kier alpha value is -2.70. The van der Waals surface area contributed by atoms with Crippen LogP contribution in [0.4, 0.5) is 5.69 Å². The number of hydrogen-bond acceptors (Lipinski definition) is 4. The summed E-state index contributed by atoms with van der Waals surface area (Å²) in [6.07, 6.45) is 0.632. The molecule has 0 aliphatic carbocycles. The number of aryl methyl sites for hydroxylation is 1. The van der Waals surface area contributed by atoms with E-state index in [1.165, 1.54) is 6.92 Å². The van der Waals surface area contributed by atoms with Gasteiger partial charge in [-0.3, -0.25) is 20.0 Å². The van der Waals surface area contributed by atoms with Gasteiger partial charge in [0.15, 0.2) is 0 Å². The molecule has 1 atom stereocenters. The van der Waals surface area contributed by atoms with Gasteiger partial charge >= 0.3 is 5.69 Å². The number of nitrogens with zero attached hydrogens (tertiary/aromatic N) is 2. The highest BCUT2D eigenvalue weighted by molar-refractivity contribution is 5.96. The van der Waals surface area contributed by atoms with E-state index in [-0.39, 0.29) is 28.5 Å². The Balaban J connectivity index is 2.24. The van der Waals surface area contributed by atoms with E-state index in [1.807, 2.05) is 51.1 Å². The summed E-state index contributed by atoms with van der Waals surface area (Å²) in [4.78, 5) is 23.1. The molecule has 2 aromatic rings. The van der Waals surface area contributed by atoms with E-state index in [9.17, 15) is 14.9 Å². The molecule has 2 N–H and O–H groups in total. The van der Waals surface area contributed by atoms with E-state index in [2.05, 4.69) is 15.5 Å². The summed E-state index contributed by atoms with van der Waals surface area (Å²) in [5.41, 5.74) is 0.677. The van der Waals surface area contributed by atoms with Gasteiger partial charge in [-0.05, 0) is 24.3 Å². The molecular formula is C17H22N4O3. The molecule has 7 nitrogen and oxygen atoms in total. The fraction of sp³-hybridized carbons (Fsp3) is 0.412. The Kier molecular flexibility index (Phi) is 5.02. The SMILES string of the molecule is Cc1[nH]nc(C(=O)NC(Cc2ccccc2)C(C)(C)C)c1[N+](=O)[O-]. The van der Waals surface area contributed by atoms with Gasteiger partial charge in [0.1, 0.15) is 5.69 Å². The fourth-order valence-corrected chi connectivity index (χ4v) is 2.46. The number of aromatic amines is 1. The van der Waals surface area contributed by atoms with Crippen LogP contribution < -0.4 is 5.32 Å². The van der Waals surface area contributed by atoms with E-state index in [0.717, 1.165) is 5.56 Å². The van der Waals surface area contributed by atoms with Crippen molar-refractivity contribution in [3.8, 4) is 0 Å². The average Bonchev–Trinajstić information content (AvgIpc) is 2.88. The van der Waals surface area contributed by atoms with Crippen molar-refractivity contribution in [3.63, 3.8) is 0 Å². The van der Waals surface area contributed by atoms with Crippen molar-refractivity contribution in [1.82, 2.24) is 15.5 Å². The lowest BCUT2D eigenvalue weighted by Crippen LogP contribution is -2.45. The third-order valence-electron chi connectivity index (χ3n) is 3.95. The fourth-order valence-electron chi connectivity index (χ4n) is 2.46. The number of nitrogens with one attached hydrogen (secondary N) is 2. The molecule has 0 saturated carbocycles. The molecule has 0 aliphatic rings. The minimum Gasteiger partial charge on any atom is -0.347 e. The second-order valence-corrected chi connectivity index (χ2v) is 6.88. The monoisotopic (exact) mass is 330 g/mol. The maximum atomic E-state index is 12.5. The molecule has 0 saturated heterocycles. The van der Waals surface area contributed by atoms with E-state index in [0.29, 0.717) is 6.42 Å². The predicted octanol–water partition coefficient (Wildman–Crippen LogP) is 3.01. The molecule has 1 aromatic heterocycles. The van der Waals surface area contributed by atoms with Crippen LogP contribution in [0, 0.1) is 22.5 Å². The average molecular weight is 330 g/mol. The van der Waals surface area contributed by atoms with E-state index >= 15 is 0 Å². The smallest absolute Gasteiger partial charge is 0.322 e. The van der Waals surface area contributed by atoms with Crippen molar-refractivity contribution >= 4 is 11.6 Å². The molecule has 1 heterocycles. The van der Waals surface area contributed by atoms with Gasteiger partial charge in [0.05, 0.1) is 4.92 Å². The maximum Gasteiger partial charge on any atom is 0.322 e. The summed E-state index contributed by atoms with van der Waals surface area (Å²) >= 11 is 0.